The van der Waals surface area contributed by atoms with Crippen molar-refractivity contribution < 1.29 is 9.53 Å². The molecule has 26 heavy (non-hydrogen) atoms. The first-order valence-electron chi connectivity index (χ1n) is 8.76. The Balaban J connectivity index is 0.00000196. The van der Waals surface area contributed by atoms with E-state index in [1.807, 2.05) is 24.3 Å². The lowest BCUT2D eigenvalue weighted by molar-refractivity contribution is 0.0924. The van der Waals surface area contributed by atoms with Crippen LogP contribution in [0.4, 0.5) is 0 Å². The zero-order valence-electron chi connectivity index (χ0n) is 14.3. The number of fused-ring (bicyclic) bond motifs is 2. The first-order valence-corrected chi connectivity index (χ1v) is 9.14. The van der Waals surface area contributed by atoms with Gasteiger partial charge in [-0.3, -0.25) is 4.79 Å². The normalized spacial score (nSPS) is 23.8. The van der Waals surface area contributed by atoms with Gasteiger partial charge in [-0.25, -0.2) is 0 Å². The largest absolute Gasteiger partial charge is 0.457 e. The van der Waals surface area contributed by atoms with Crippen LogP contribution in [-0.2, 0) is 0 Å². The molecule has 2 aliphatic heterocycles. The fourth-order valence-electron chi connectivity index (χ4n) is 3.78. The second-order valence-corrected chi connectivity index (χ2v) is 7.30. The van der Waals surface area contributed by atoms with Crippen LogP contribution < -0.4 is 15.4 Å². The topological polar surface area (TPSA) is 50.4 Å². The quantitative estimate of drug-likeness (QED) is 0.800. The van der Waals surface area contributed by atoms with Crippen molar-refractivity contribution in [3.8, 4) is 11.5 Å². The van der Waals surface area contributed by atoms with E-state index in [0.717, 1.165) is 12.8 Å². The van der Waals surface area contributed by atoms with Gasteiger partial charge in [-0.15, -0.1) is 12.4 Å². The maximum Gasteiger partial charge on any atom is 0.251 e. The van der Waals surface area contributed by atoms with Crippen LogP contribution in [0, 0.1) is 0 Å². The number of halogens is 2. The van der Waals surface area contributed by atoms with Gasteiger partial charge in [0.15, 0.2) is 0 Å². The molecule has 0 radical (unpaired) electrons. The SMILES string of the molecule is Cl.O=C(NC1CC2CCC(C1)N2)c1ccc(Oc2cccc(Cl)c2)cc1. The van der Waals surface area contributed by atoms with Crippen molar-refractivity contribution in [1.82, 2.24) is 10.6 Å². The van der Waals surface area contributed by atoms with E-state index < -0.39 is 0 Å². The monoisotopic (exact) mass is 392 g/mol. The number of hydrogen-bond donors (Lipinski definition) is 2. The fraction of sp³-hybridized carbons (Fsp3) is 0.350. The molecule has 1 amide bonds. The molecule has 2 heterocycles. The third-order valence-corrected chi connectivity index (χ3v) is 5.19. The number of rotatable bonds is 4. The van der Waals surface area contributed by atoms with Gasteiger partial charge in [-0.2, -0.15) is 0 Å². The van der Waals surface area contributed by atoms with Gasteiger partial charge >= 0.3 is 0 Å². The zero-order valence-corrected chi connectivity index (χ0v) is 15.9. The van der Waals surface area contributed by atoms with E-state index in [4.69, 9.17) is 16.3 Å². The van der Waals surface area contributed by atoms with Gasteiger partial charge < -0.3 is 15.4 Å². The number of piperidine rings is 1. The number of carbonyl (C=O) groups excluding carboxylic acids is 1. The van der Waals surface area contributed by atoms with E-state index in [9.17, 15) is 4.79 Å². The van der Waals surface area contributed by atoms with E-state index in [1.54, 1.807) is 24.3 Å². The van der Waals surface area contributed by atoms with Crippen molar-refractivity contribution in [2.24, 2.45) is 0 Å². The minimum absolute atomic E-state index is 0. The number of nitrogens with one attached hydrogen (secondary N) is 2. The first-order chi connectivity index (χ1) is 12.2. The van der Waals surface area contributed by atoms with Crippen LogP contribution in [0.3, 0.4) is 0 Å². The summed E-state index contributed by atoms with van der Waals surface area (Å²) in [5, 5.41) is 7.40. The fourth-order valence-corrected chi connectivity index (χ4v) is 3.97. The molecule has 0 spiro atoms. The minimum atomic E-state index is -0.0133. The molecular formula is C20H22Cl2N2O2. The molecule has 2 aromatic carbocycles. The Morgan fingerprint density at radius 3 is 2.38 bits per heavy atom. The van der Waals surface area contributed by atoms with Crippen LogP contribution >= 0.6 is 24.0 Å². The number of hydrogen-bond acceptors (Lipinski definition) is 3. The Morgan fingerprint density at radius 2 is 1.73 bits per heavy atom. The van der Waals surface area contributed by atoms with Gasteiger partial charge in [0, 0.05) is 28.7 Å². The molecule has 2 atom stereocenters. The molecule has 2 aromatic rings. The van der Waals surface area contributed by atoms with Crippen molar-refractivity contribution in [3.63, 3.8) is 0 Å². The van der Waals surface area contributed by atoms with E-state index >= 15 is 0 Å². The van der Waals surface area contributed by atoms with Crippen LogP contribution in [0.25, 0.3) is 0 Å². The van der Waals surface area contributed by atoms with Crippen molar-refractivity contribution in [1.29, 1.82) is 0 Å². The Kier molecular flexibility index (Phi) is 6.07. The molecule has 138 valence electrons. The van der Waals surface area contributed by atoms with Crippen LogP contribution in [0.15, 0.2) is 48.5 Å². The molecule has 2 unspecified atom stereocenters. The molecule has 6 heteroatoms. The summed E-state index contributed by atoms with van der Waals surface area (Å²) in [5.74, 6) is 1.34. The Bertz CT molecular complexity index is 755. The molecule has 2 bridgehead atoms. The summed E-state index contributed by atoms with van der Waals surface area (Å²) in [7, 11) is 0. The van der Waals surface area contributed by atoms with Crippen LogP contribution in [-0.4, -0.2) is 24.0 Å². The second-order valence-electron chi connectivity index (χ2n) is 6.86. The average Bonchev–Trinajstić information content (AvgIpc) is 2.94. The maximum atomic E-state index is 12.5. The summed E-state index contributed by atoms with van der Waals surface area (Å²) < 4.78 is 5.76. The van der Waals surface area contributed by atoms with Gasteiger partial charge in [0.25, 0.3) is 5.91 Å². The highest BCUT2D eigenvalue weighted by molar-refractivity contribution is 6.30. The lowest BCUT2D eigenvalue weighted by Crippen LogP contribution is -2.48. The predicted octanol–water partition coefficient (Wildman–Crippen LogP) is 4.57. The van der Waals surface area contributed by atoms with Crippen LogP contribution in [0.5, 0.6) is 11.5 Å². The van der Waals surface area contributed by atoms with E-state index in [0.29, 0.717) is 34.2 Å². The number of ether oxygens (including phenoxy) is 1. The highest BCUT2D eigenvalue weighted by Gasteiger charge is 2.34. The molecule has 2 N–H and O–H groups in total. The highest BCUT2D eigenvalue weighted by Crippen LogP contribution is 2.27. The van der Waals surface area contributed by atoms with Crippen LogP contribution in [0.1, 0.15) is 36.0 Å². The standard InChI is InChI=1S/C20H21ClN2O2.ClH/c21-14-2-1-3-19(10-14)25-18-8-4-13(5-9-18)20(24)23-17-11-15-6-7-16(12-17)22-15;/h1-5,8-10,15-17,22H,6-7,11-12H2,(H,23,24);1H. The molecule has 2 aliphatic rings. The Labute approximate surface area is 164 Å². The molecule has 0 saturated carbocycles. The van der Waals surface area contributed by atoms with Gasteiger partial charge in [0.2, 0.25) is 0 Å². The molecule has 0 aromatic heterocycles. The number of carbonyl (C=O) groups is 1. The summed E-state index contributed by atoms with van der Waals surface area (Å²) in [6.07, 6.45) is 4.51. The number of benzene rings is 2. The average molecular weight is 393 g/mol. The predicted molar refractivity (Wildman–Crippen MR) is 106 cm³/mol. The number of amides is 1. The third kappa shape index (κ3) is 4.50. The van der Waals surface area contributed by atoms with Crippen molar-refractivity contribution in [2.45, 2.75) is 43.8 Å². The first kappa shape index (κ1) is 19.0. The maximum absolute atomic E-state index is 12.5. The summed E-state index contributed by atoms with van der Waals surface area (Å²) in [6, 6.07) is 15.9. The lowest BCUT2D eigenvalue weighted by atomic mass is 9.99. The lowest BCUT2D eigenvalue weighted by Gasteiger charge is -2.29. The summed E-state index contributed by atoms with van der Waals surface area (Å²) >= 11 is 5.96. The second kappa shape index (κ2) is 8.30. The summed E-state index contributed by atoms with van der Waals surface area (Å²) in [4.78, 5) is 12.5. The van der Waals surface area contributed by atoms with Crippen molar-refractivity contribution in [2.75, 3.05) is 0 Å². The van der Waals surface area contributed by atoms with Gasteiger partial charge in [0.05, 0.1) is 0 Å². The van der Waals surface area contributed by atoms with E-state index in [2.05, 4.69) is 10.6 Å². The van der Waals surface area contributed by atoms with Crippen LogP contribution in [0.2, 0.25) is 5.02 Å². The van der Waals surface area contributed by atoms with Crippen molar-refractivity contribution in [3.05, 3.63) is 59.1 Å². The molecular weight excluding hydrogens is 371 g/mol. The molecule has 4 nitrogen and oxygen atoms in total. The molecule has 2 fully saturated rings. The van der Waals surface area contributed by atoms with Crippen molar-refractivity contribution >= 4 is 29.9 Å². The van der Waals surface area contributed by atoms with Gasteiger partial charge in [0.1, 0.15) is 11.5 Å². The summed E-state index contributed by atoms with van der Waals surface area (Å²) in [6.45, 7) is 0. The van der Waals surface area contributed by atoms with Gasteiger partial charge in [-0.1, -0.05) is 17.7 Å². The Morgan fingerprint density at radius 1 is 1.04 bits per heavy atom. The molecule has 0 aliphatic carbocycles. The zero-order chi connectivity index (χ0) is 17.2. The Hall–Kier alpha value is -1.75. The third-order valence-electron chi connectivity index (χ3n) is 4.96. The minimum Gasteiger partial charge on any atom is -0.457 e. The smallest absolute Gasteiger partial charge is 0.251 e. The van der Waals surface area contributed by atoms with E-state index in [1.165, 1.54) is 12.8 Å². The summed E-state index contributed by atoms with van der Waals surface area (Å²) in [5.41, 5.74) is 0.657. The van der Waals surface area contributed by atoms with E-state index in [-0.39, 0.29) is 24.4 Å². The molecule has 4 rings (SSSR count). The van der Waals surface area contributed by atoms with Gasteiger partial charge in [-0.05, 0) is 68.1 Å². The highest BCUT2D eigenvalue weighted by atomic mass is 35.5. The molecule has 2 saturated heterocycles.